The first-order valence-corrected chi connectivity index (χ1v) is 13.0. The predicted octanol–water partition coefficient (Wildman–Crippen LogP) is 6.15. The van der Waals surface area contributed by atoms with Crippen LogP contribution < -0.4 is 0 Å². The highest BCUT2D eigenvalue weighted by atomic mass is 19.4. The fraction of sp³-hybridized carbons (Fsp3) is 0.552. The van der Waals surface area contributed by atoms with E-state index >= 15 is 0 Å². The zero-order valence-electron chi connectivity index (χ0n) is 20.8. The van der Waals surface area contributed by atoms with Gasteiger partial charge in [0.2, 0.25) is 11.6 Å². The Hall–Kier alpha value is -2.48. The number of amides is 1. The lowest BCUT2D eigenvalue weighted by Crippen LogP contribution is -2.51. The summed E-state index contributed by atoms with van der Waals surface area (Å²) >= 11 is 0. The van der Waals surface area contributed by atoms with Gasteiger partial charge in [-0.1, -0.05) is 30.3 Å². The van der Waals surface area contributed by atoms with E-state index in [2.05, 4.69) is 0 Å². The van der Waals surface area contributed by atoms with Gasteiger partial charge in [-0.15, -0.1) is 0 Å². The molecule has 0 bridgehead atoms. The van der Waals surface area contributed by atoms with Gasteiger partial charge >= 0.3 is 6.18 Å². The summed E-state index contributed by atoms with van der Waals surface area (Å²) < 4.78 is 68.8. The molecule has 1 saturated heterocycles. The number of hydrogen-bond acceptors (Lipinski definition) is 2. The third-order valence-corrected chi connectivity index (χ3v) is 8.98. The van der Waals surface area contributed by atoms with E-state index in [-0.39, 0.29) is 29.8 Å². The maximum Gasteiger partial charge on any atom is 0.426 e. The van der Waals surface area contributed by atoms with Crippen molar-refractivity contribution in [1.29, 1.82) is 0 Å². The molecule has 2 aromatic carbocycles. The number of carbonyl (C=O) groups is 1. The Balaban J connectivity index is 1.53. The van der Waals surface area contributed by atoms with Crippen LogP contribution in [-0.2, 0) is 28.7 Å². The number of nitrogens with zero attached hydrogens (tertiary/aromatic N) is 1. The molecule has 2 aliphatic carbocycles. The van der Waals surface area contributed by atoms with Crippen LogP contribution in [0.5, 0.6) is 0 Å². The largest absolute Gasteiger partial charge is 0.426 e. The lowest BCUT2D eigenvalue weighted by molar-refractivity contribution is -0.228. The van der Waals surface area contributed by atoms with Crippen LogP contribution in [0.15, 0.2) is 42.5 Å². The molecule has 0 aromatic heterocycles. The second kappa shape index (κ2) is 9.37. The van der Waals surface area contributed by atoms with E-state index in [0.717, 1.165) is 11.1 Å². The second-order valence-electron chi connectivity index (χ2n) is 11.2. The minimum Gasteiger partial charge on any atom is -0.393 e. The molecular formula is C29H32F5NO2. The highest BCUT2D eigenvalue weighted by Gasteiger charge is 2.56. The first-order chi connectivity index (χ1) is 17.4. The van der Waals surface area contributed by atoms with E-state index in [4.69, 9.17) is 0 Å². The third kappa shape index (κ3) is 4.55. The van der Waals surface area contributed by atoms with Gasteiger partial charge in [-0.3, -0.25) is 4.79 Å². The molecule has 2 fully saturated rings. The molecule has 3 aliphatic rings. The van der Waals surface area contributed by atoms with Crippen LogP contribution in [0, 0.1) is 11.7 Å². The molecule has 3 atom stereocenters. The summed E-state index contributed by atoms with van der Waals surface area (Å²) in [5, 5.41) is 9.88. The Labute approximate surface area is 213 Å². The van der Waals surface area contributed by atoms with Crippen LogP contribution in [0.1, 0.15) is 67.7 Å². The van der Waals surface area contributed by atoms with Gasteiger partial charge in [0.25, 0.3) is 0 Å². The number of hydrogen-bond donors (Lipinski definition) is 1. The molecule has 0 radical (unpaired) electrons. The molecule has 1 N–H and O–H groups in total. The number of aliphatic hydroxyl groups excluding tert-OH is 1. The highest BCUT2D eigenvalue weighted by Crippen LogP contribution is 2.51. The SMILES string of the molecule is CC(F)(c1ccc2c(c1)CC[C@H]1N(C(=O)[C@H]3CC[C@H](O)CC3)CC[C@@]21Cc1ccc(F)cc1)C(F)(F)F. The van der Waals surface area contributed by atoms with Crippen LogP contribution in [0.25, 0.3) is 0 Å². The maximum atomic E-state index is 14.8. The minimum absolute atomic E-state index is 0.0753. The zero-order valence-corrected chi connectivity index (χ0v) is 20.8. The number of fused-ring (bicyclic) bond motifs is 3. The van der Waals surface area contributed by atoms with Gasteiger partial charge in [0.15, 0.2) is 0 Å². The quantitative estimate of drug-likeness (QED) is 0.491. The Morgan fingerprint density at radius 1 is 1.03 bits per heavy atom. The summed E-state index contributed by atoms with van der Waals surface area (Å²) in [4.78, 5) is 15.6. The fourth-order valence-corrected chi connectivity index (χ4v) is 6.81. The number of halogens is 5. The molecule has 0 spiro atoms. The number of alkyl halides is 4. The van der Waals surface area contributed by atoms with E-state index in [0.29, 0.717) is 70.4 Å². The first-order valence-electron chi connectivity index (χ1n) is 13.0. The van der Waals surface area contributed by atoms with E-state index < -0.39 is 22.8 Å². The van der Waals surface area contributed by atoms with Crippen LogP contribution in [0.4, 0.5) is 22.0 Å². The lowest BCUT2D eigenvalue weighted by atomic mass is 9.63. The number of aryl methyl sites for hydroxylation is 1. The maximum absolute atomic E-state index is 14.8. The predicted molar refractivity (Wildman–Crippen MR) is 129 cm³/mol. The van der Waals surface area contributed by atoms with Gasteiger partial charge in [-0.2, -0.15) is 13.2 Å². The van der Waals surface area contributed by atoms with Gasteiger partial charge in [0, 0.05) is 23.9 Å². The molecular weight excluding hydrogens is 489 g/mol. The van der Waals surface area contributed by atoms with Crippen molar-refractivity contribution in [2.75, 3.05) is 6.54 Å². The van der Waals surface area contributed by atoms with E-state index in [1.807, 2.05) is 4.90 Å². The molecule has 1 heterocycles. The minimum atomic E-state index is -5.03. The van der Waals surface area contributed by atoms with Gasteiger partial charge < -0.3 is 10.0 Å². The summed E-state index contributed by atoms with van der Waals surface area (Å²) in [6.45, 7) is 1.07. The van der Waals surface area contributed by atoms with Crippen molar-refractivity contribution in [2.24, 2.45) is 5.92 Å². The van der Waals surface area contributed by atoms with Crippen LogP contribution in [0.2, 0.25) is 0 Å². The highest BCUT2D eigenvalue weighted by molar-refractivity contribution is 5.80. The lowest BCUT2D eigenvalue weighted by Gasteiger charge is -2.45. The number of aliphatic hydroxyl groups is 1. The third-order valence-electron chi connectivity index (χ3n) is 8.98. The summed E-state index contributed by atoms with van der Waals surface area (Å²) in [7, 11) is 0. The molecule has 2 aromatic rings. The van der Waals surface area contributed by atoms with Gasteiger partial charge in [0.1, 0.15) is 5.82 Å². The van der Waals surface area contributed by atoms with Crippen molar-refractivity contribution in [1.82, 2.24) is 4.90 Å². The number of benzene rings is 2. The molecule has 3 nitrogen and oxygen atoms in total. The van der Waals surface area contributed by atoms with Gasteiger partial charge in [-0.25, -0.2) is 8.78 Å². The van der Waals surface area contributed by atoms with Crippen molar-refractivity contribution < 1.29 is 31.9 Å². The molecule has 37 heavy (non-hydrogen) atoms. The monoisotopic (exact) mass is 521 g/mol. The van der Waals surface area contributed by atoms with E-state index in [1.54, 1.807) is 18.2 Å². The van der Waals surface area contributed by atoms with Crippen molar-refractivity contribution in [3.05, 3.63) is 70.5 Å². The summed E-state index contributed by atoms with van der Waals surface area (Å²) in [6, 6.07) is 10.2. The number of carbonyl (C=O) groups excluding carboxylic acids is 1. The van der Waals surface area contributed by atoms with Gasteiger partial charge in [-0.05, 0) is 92.7 Å². The van der Waals surface area contributed by atoms with E-state index in [9.17, 15) is 31.9 Å². The Morgan fingerprint density at radius 3 is 2.35 bits per heavy atom. The molecule has 1 amide bonds. The number of rotatable bonds is 4. The summed E-state index contributed by atoms with van der Waals surface area (Å²) in [5.41, 5.74) is -2.03. The topological polar surface area (TPSA) is 40.5 Å². The average Bonchev–Trinajstić information content (AvgIpc) is 3.24. The van der Waals surface area contributed by atoms with E-state index in [1.165, 1.54) is 24.3 Å². The smallest absolute Gasteiger partial charge is 0.393 e. The molecule has 200 valence electrons. The molecule has 1 unspecified atom stereocenters. The summed E-state index contributed by atoms with van der Waals surface area (Å²) in [5.74, 6) is -0.428. The summed E-state index contributed by atoms with van der Waals surface area (Å²) in [6.07, 6.45) is -0.791. The van der Waals surface area contributed by atoms with Crippen molar-refractivity contribution in [2.45, 2.75) is 87.7 Å². The Bertz CT molecular complexity index is 1150. The number of likely N-dealkylation sites (tertiary alicyclic amines) is 1. The van der Waals surface area contributed by atoms with Crippen LogP contribution in [0.3, 0.4) is 0 Å². The fourth-order valence-electron chi connectivity index (χ4n) is 6.81. The average molecular weight is 522 g/mol. The van der Waals surface area contributed by atoms with Gasteiger partial charge in [0.05, 0.1) is 6.10 Å². The van der Waals surface area contributed by atoms with Crippen molar-refractivity contribution >= 4 is 5.91 Å². The first kappa shape index (κ1) is 26.1. The van der Waals surface area contributed by atoms with Crippen LogP contribution in [-0.4, -0.2) is 40.8 Å². The molecule has 1 saturated carbocycles. The zero-order chi connectivity index (χ0) is 26.6. The molecule has 5 rings (SSSR count). The van der Waals surface area contributed by atoms with Crippen molar-refractivity contribution in [3.8, 4) is 0 Å². The normalized spacial score (nSPS) is 29.4. The van der Waals surface area contributed by atoms with Crippen LogP contribution >= 0.6 is 0 Å². The molecule has 1 aliphatic heterocycles. The Kier molecular flexibility index (Phi) is 6.62. The van der Waals surface area contributed by atoms with Crippen molar-refractivity contribution in [3.63, 3.8) is 0 Å². The Morgan fingerprint density at radius 2 is 1.70 bits per heavy atom. The standard InChI is InChI=1S/C29H32F5NO2/c1-27(31,29(32,33)34)21-7-12-24-20(16-21)6-13-25-28(24,17-18-2-8-22(30)9-3-18)14-15-35(25)26(37)19-4-10-23(36)11-5-19/h2-3,7-9,12,16,19,23,25,36H,4-6,10-11,13-15,17H2,1H3/t19-,23-,25-,27?,28-/m1/s1. The molecule has 8 heteroatoms. The second-order valence-corrected chi connectivity index (χ2v) is 11.2.